The van der Waals surface area contributed by atoms with Crippen molar-refractivity contribution in [2.45, 2.75) is 93.6 Å². The minimum Gasteiger partial charge on any atom is -0.481 e. The number of unbranched alkanes of at least 4 members (excludes halogenated alkanes) is 7. The SMILES string of the molecule is CCCCCCC(Br)C(Br)CCCCCCCC(=O)O. The Balaban J connectivity index is 3.38. The van der Waals surface area contributed by atoms with Gasteiger partial charge in [-0.3, -0.25) is 4.79 Å². The molecule has 2 nitrogen and oxygen atoms in total. The third kappa shape index (κ3) is 13.4. The van der Waals surface area contributed by atoms with E-state index < -0.39 is 5.97 Å². The number of carbonyl (C=O) groups is 1. The first-order valence-electron chi connectivity index (χ1n) is 8.07. The van der Waals surface area contributed by atoms with Crippen molar-refractivity contribution < 1.29 is 9.90 Å². The summed E-state index contributed by atoms with van der Waals surface area (Å²) in [5.74, 6) is -0.671. The Labute approximate surface area is 141 Å². The summed E-state index contributed by atoms with van der Waals surface area (Å²) in [6.45, 7) is 2.25. The molecule has 20 heavy (non-hydrogen) atoms. The topological polar surface area (TPSA) is 37.3 Å². The molecule has 0 aliphatic carbocycles. The third-order valence-corrected chi connectivity index (χ3v) is 6.50. The van der Waals surface area contributed by atoms with Crippen LogP contribution in [0.2, 0.25) is 0 Å². The Morgan fingerprint density at radius 3 is 1.80 bits per heavy atom. The zero-order valence-electron chi connectivity index (χ0n) is 12.8. The first kappa shape index (κ1) is 20.4. The number of aliphatic carboxylic acids is 1. The van der Waals surface area contributed by atoms with Gasteiger partial charge in [-0.2, -0.15) is 0 Å². The smallest absolute Gasteiger partial charge is 0.303 e. The fraction of sp³-hybridized carbons (Fsp3) is 0.938. The lowest BCUT2D eigenvalue weighted by atomic mass is 10.0. The second-order valence-corrected chi connectivity index (χ2v) is 7.93. The van der Waals surface area contributed by atoms with Crippen molar-refractivity contribution in [3.05, 3.63) is 0 Å². The number of halogens is 2. The molecule has 0 aliphatic rings. The molecule has 4 heteroatoms. The summed E-state index contributed by atoms with van der Waals surface area (Å²) in [5.41, 5.74) is 0. The van der Waals surface area contributed by atoms with E-state index in [0.717, 1.165) is 19.3 Å². The molecule has 2 unspecified atom stereocenters. The van der Waals surface area contributed by atoms with Gasteiger partial charge in [-0.15, -0.1) is 0 Å². The maximum absolute atomic E-state index is 10.4. The number of rotatable bonds is 14. The summed E-state index contributed by atoms with van der Waals surface area (Å²) >= 11 is 7.58. The molecule has 0 rings (SSSR count). The molecule has 0 saturated heterocycles. The molecule has 2 atom stereocenters. The average molecular weight is 414 g/mol. The van der Waals surface area contributed by atoms with Crippen molar-refractivity contribution in [1.29, 1.82) is 0 Å². The van der Waals surface area contributed by atoms with Gasteiger partial charge in [0.1, 0.15) is 0 Å². The van der Waals surface area contributed by atoms with Gasteiger partial charge in [0.05, 0.1) is 0 Å². The van der Waals surface area contributed by atoms with E-state index >= 15 is 0 Å². The predicted octanol–water partition coefficient (Wildman–Crippen LogP) is 6.30. The lowest BCUT2D eigenvalue weighted by Gasteiger charge is -2.16. The molecular weight excluding hydrogens is 384 g/mol. The molecule has 0 saturated carbocycles. The summed E-state index contributed by atoms with van der Waals surface area (Å²) < 4.78 is 0. The summed E-state index contributed by atoms with van der Waals surface area (Å²) in [5, 5.41) is 8.54. The standard InChI is InChI=1S/C16H30Br2O2/c1-2-3-4-8-11-14(17)15(18)12-9-6-5-7-10-13-16(19)20/h14-15H,2-13H2,1H3,(H,19,20). The van der Waals surface area contributed by atoms with E-state index in [1.165, 1.54) is 51.4 Å². The summed E-state index contributed by atoms with van der Waals surface area (Å²) in [6, 6.07) is 0. The van der Waals surface area contributed by atoms with Crippen LogP contribution < -0.4 is 0 Å². The van der Waals surface area contributed by atoms with Gasteiger partial charge in [0, 0.05) is 16.1 Å². The second-order valence-electron chi connectivity index (χ2n) is 5.58. The highest BCUT2D eigenvalue weighted by Crippen LogP contribution is 2.25. The maximum atomic E-state index is 10.4. The van der Waals surface area contributed by atoms with Crippen LogP contribution in [0.3, 0.4) is 0 Å². The Hall–Kier alpha value is 0.430. The van der Waals surface area contributed by atoms with E-state index in [0.29, 0.717) is 16.1 Å². The highest BCUT2D eigenvalue weighted by atomic mass is 79.9. The zero-order chi connectivity index (χ0) is 15.2. The van der Waals surface area contributed by atoms with Crippen LogP contribution in [-0.4, -0.2) is 20.7 Å². The Morgan fingerprint density at radius 1 is 0.850 bits per heavy atom. The minimum atomic E-state index is -0.671. The van der Waals surface area contributed by atoms with Gasteiger partial charge < -0.3 is 5.11 Å². The lowest BCUT2D eigenvalue weighted by molar-refractivity contribution is -0.137. The first-order chi connectivity index (χ1) is 9.57. The van der Waals surface area contributed by atoms with Gasteiger partial charge >= 0.3 is 5.97 Å². The fourth-order valence-corrected chi connectivity index (χ4v) is 3.45. The molecule has 0 aromatic heterocycles. The van der Waals surface area contributed by atoms with Crippen molar-refractivity contribution in [3.63, 3.8) is 0 Å². The largest absolute Gasteiger partial charge is 0.481 e. The number of carboxylic acid groups (broad SMARTS) is 1. The van der Waals surface area contributed by atoms with Crippen LogP contribution in [-0.2, 0) is 4.79 Å². The van der Waals surface area contributed by atoms with Gasteiger partial charge in [0.25, 0.3) is 0 Å². The molecule has 0 fully saturated rings. The highest BCUT2D eigenvalue weighted by Gasteiger charge is 2.14. The van der Waals surface area contributed by atoms with Gasteiger partial charge in [-0.25, -0.2) is 0 Å². The molecule has 0 aliphatic heterocycles. The normalized spacial score (nSPS) is 14.2. The first-order valence-corrected chi connectivity index (χ1v) is 9.91. The Kier molecular flexibility index (Phi) is 14.7. The van der Waals surface area contributed by atoms with Gasteiger partial charge in [0.15, 0.2) is 0 Å². The van der Waals surface area contributed by atoms with Crippen molar-refractivity contribution in [2.24, 2.45) is 0 Å². The number of hydrogen-bond acceptors (Lipinski definition) is 1. The van der Waals surface area contributed by atoms with Crippen molar-refractivity contribution in [2.75, 3.05) is 0 Å². The van der Waals surface area contributed by atoms with Crippen LogP contribution in [0.25, 0.3) is 0 Å². The van der Waals surface area contributed by atoms with Gasteiger partial charge in [-0.1, -0.05) is 90.2 Å². The van der Waals surface area contributed by atoms with E-state index in [1.807, 2.05) is 0 Å². The van der Waals surface area contributed by atoms with Crippen molar-refractivity contribution in [3.8, 4) is 0 Å². The number of hydrogen-bond donors (Lipinski definition) is 1. The van der Waals surface area contributed by atoms with Crippen LogP contribution in [0.1, 0.15) is 84.0 Å². The summed E-state index contributed by atoms with van der Waals surface area (Å²) in [7, 11) is 0. The Bertz CT molecular complexity index is 235. The molecule has 0 spiro atoms. The minimum absolute atomic E-state index is 0.322. The van der Waals surface area contributed by atoms with Crippen LogP contribution in [0, 0.1) is 0 Å². The zero-order valence-corrected chi connectivity index (χ0v) is 15.9. The number of alkyl halides is 2. The van der Waals surface area contributed by atoms with E-state index in [4.69, 9.17) is 5.11 Å². The van der Waals surface area contributed by atoms with E-state index in [-0.39, 0.29) is 0 Å². The third-order valence-electron chi connectivity index (χ3n) is 3.60. The quantitative estimate of drug-likeness (QED) is 0.268. The van der Waals surface area contributed by atoms with Crippen molar-refractivity contribution >= 4 is 37.8 Å². The van der Waals surface area contributed by atoms with Crippen molar-refractivity contribution in [1.82, 2.24) is 0 Å². The van der Waals surface area contributed by atoms with Crippen LogP contribution in [0.15, 0.2) is 0 Å². The van der Waals surface area contributed by atoms with Gasteiger partial charge in [0.2, 0.25) is 0 Å². The van der Waals surface area contributed by atoms with E-state index in [1.54, 1.807) is 0 Å². The average Bonchev–Trinajstić information content (AvgIpc) is 2.41. The fourth-order valence-electron chi connectivity index (χ4n) is 2.27. The summed E-state index contributed by atoms with van der Waals surface area (Å²) in [4.78, 5) is 11.5. The molecule has 0 aromatic carbocycles. The second kappa shape index (κ2) is 14.4. The molecular formula is C16H30Br2O2. The molecule has 120 valence electrons. The lowest BCUT2D eigenvalue weighted by Crippen LogP contribution is -2.13. The van der Waals surface area contributed by atoms with E-state index in [9.17, 15) is 4.79 Å². The Morgan fingerprint density at radius 2 is 1.30 bits per heavy atom. The molecule has 0 amide bonds. The number of carboxylic acids is 1. The maximum Gasteiger partial charge on any atom is 0.303 e. The van der Waals surface area contributed by atoms with Crippen LogP contribution in [0.4, 0.5) is 0 Å². The molecule has 0 heterocycles. The molecule has 0 radical (unpaired) electrons. The van der Waals surface area contributed by atoms with Crippen LogP contribution in [0.5, 0.6) is 0 Å². The van der Waals surface area contributed by atoms with Gasteiger partial charge in [-0.05, 0) is 19.3 Å². The highest BCUT2D eigenvalue weighted by molar-refractivity contribution is 9.12. The molecule has 0 bridgehead atoms. The molecule has 1 N–H and O–H groups in total. The summed E-state index contributed by atoms with van der Waals surface area (Å²) in [6.07, 6.45) is 13.6. The van der Waals surface area contributed by atoms with E-state index in [2.05, 4.69) is 38.8 Å². The monoisotopic (exact) mass is 412 g/mol. The van der Waals surface area contributed by atoms with Crippen LogP contribution >= 0.6 is 31.9 Å². The molecule has 0 aromatic rings. The predicted molar refractivity (Wildman–Crippen MR) is 94.1 cm³/mol.